The summed E-state index contributed by atoms with van der Waals surface area (Å²) in [4.78, 5) is 22.4. The van der Waals surface area contributed by atoms with Crippen LogP contribution in [0, 0.1) is 0 Å². The van der Waals surface area contributed by atoms with Gasteiger partial charge in [0, 0.05) is 37.0 Å². The van der Waals surface area contributed by atoms with Gasteiger partial charge in [-0.15, -0.1) is 10.2 Å². The third-order valence-electron chi connectivity index (χ3n) is 4.54. The minimum atomic E-state index is -0.348. The van der Waals surface area contributed by atoms with Gasteiger partial charge in [0.05, 0.1) is 19.3 Å². The van der Waals surface area contributed by atoms with Crippen LogP contribution >= 0.6 is 0 Å². The molecular weight excluding hydrogens is 398 g/mol. The molecule has 0 fully saturated rings. The molecule has 4 aromatic heterocycles. The van der Waals surface area contributed by atoms with Crippen molar-refractivity contribution in [1.29, 1.82) is 0 Å². The summed E-state index contributed by atoms with van der Waals surface area (Å²) in [5, 5.41) is 17.7. The average Bonchev–Trinajstić information content (AvgIpc) is 3.40. The third kappa shape index (κ3) is 4.77. The predicted octanol–water partition coefficient (Wildman–Crippen LogP) is 2.34. The summed E-state index contributed by atoms with van der Waals surface area (Å²) in [6, 6.07) is 7.38. The fourth-order valence-corrected chi connectivity index (χ4v) is 2.92. The molecule has 0 saturated heterocycles. The van der Waals surface area contributed by atoms with E-state index >= 15 is 0 Å². The molecule has 0 spiro atoms. The summed E-state index contributed by atoms with van der Waals surface area (Å²) in [7, 11) is 1.58. The number of urea groups is 1. The largest absolute Gasteiger partial charge is 0.481 e. The molecule has 0 unspecified atom stereocenters. The number of hydrogen-bond acceptors (Lipinski definition) is 7. The fraction of sp³-hybridized carbons (Fsp3) is 0.300. The van der Waals surface area contributed by atoms with Crippen LogP contribution in [0.15, 0.2) is 42.9 Å². The number of carbonyl (C=O) groups is 1. The van der Waals surface area contributed by atoms with Gasteiger partial charge >= 0.3 is 6.03 Å². The summed E-state index contributed by atoms with van der Waals surface area (Å²) in [5.41, 5.74) is 2.64. The molecule has 0 radical (unpaired) electrons. The maximum Gasteiger partial charge on any atom is 0.320 e. The van der Waals surface area contributed by atoms with Crippen LogP contribution in [0.1, 0.15) is 25.7 Å². The molecule has 0 aliphatic rings. The van der Waals surface area contributed by atoms with Crippen molar-refractivity contribution in [1.82, 2.24) is 39.9 Å². The Morgan fingerprint density at radius 2 is 2.00 bits per heavy atom. The Kier molecular flexibility index (Phi) is 5.74. The second kappa shape index (κ2) is 8.78. The molecule has 0 aliphatic heterocycles. The van der Waals surface area contributed by atoms with Crippen LogP contribution in [-0.4, -0.2) is 54.3 Å². The number of fused-ring (bicyclic) bond motifs is 1. The molecule has 2 N–H and O–H groups in total. The van der Waals surface area contributed by atoms with Crippen LogP contribution in [0.3, 0.4) is 0 Å². The van der Waals surface area contributed by atoms with Crippen LogP contribution in [0.2, 0.25) is 0 Å². The first kappa shape index (κ1) is 20.3. The molecule has 0 saturated carbocycles. The lowest BCUT2D eigenvalue weighted by Crippen LogP contribution is -2.30. The van der Waals surface area contributed by atoms with Gasteiger partial charge in [0.2, 0.25) is 5.88 Å². The van der Waals surface area contributed by atoms with Gasteiger partial charge in [-0.2, -0.15) is 4.80 Å². The number of tetrazole rings is 1. The van der Waals surface area contributed by atoms with Gasteiger partial charge in [-0.1, -0.05) is 0 Å². The molecule has 11 heteroatoms. The normalized spacial score (nSPS) is 11.1. The van der Waals surface area contributed by atoms with E-state index in [1.54, 1.807) is 24.3 Å². The van der Waals surface area contributed by atoms with E-state index in [1.165, 1.54) is 0 Å². The molecule has 2 amide bonds. The van der Waals surface area contributed by atoms with Crippen molar-refractivity contribution in [3.63, 3.8) is 0 Å². The first-order valence-corrected chi connectivity index (χ1v) is 9.84. The molecular formula is C20H23N9O2. The minimum Gasteiger partial charge on any atom is -0.481 e. The third-order valence-corrected chi connectivity index (χ3v) is 4.54. The number of imidazole rings is 1. The Bertz CT molecular complexity index is 1180. The molecule has 4 aromatic rings. The number of ether oxygens (including phenoxy) is 1. The van der Waals surface area contributed by atoms with Gasteiger partial charge in [0.1, 0.15) is 5.65 Å². The summed E-state index contributed by atoms with van der Waals surface area (Å²) < 4.78 is 6.95. The SMILES string of the molecule is COc1ccc(-c2ccc3nc(NC(=O)NCCc4nnn(C(C)C)n4)cn3c2)cn1. The average molecular weight is 421 g/mol. The molecule has 11 nitrogen and oxygen atoms in total. The van der Waals surface area contributed by atoms with Crippen LogP contribution in [0.5, 0.6) is 5.88 Å². The number of pyridine rings is 2. The van der Waals surface area contributed by atoms with E-state index in [0.29, 0.717) is 30.5 Å². The van der Waals surface area contributed by atoms with Crippen LogP contribution in [0.4, 0.5) is 10.6 Å². The van der Waals surface area contributed by atoms with Crippen LogP contribution in [0.25, 0.3) is 16.8 Å². The monoisotopic (exact) mass is 421 g/mol. The Hall–Kier alpha value is -4.02. The Morgan fingerprint density at radius 3 is 2.71 bits per heavy atom. The van der Waals surface area contributed by atoms with Crippen molar-refractivity contribution in [2.24, 2.45) is 0 Å². The summed E-state index contributed by atoms with van der Waals surface area (Å²) in [6.07, 6.45) is 5.92. The van der Waals surface area contributed by atoms with Gasteiger partial charge in [-0.05, 0) is 42.8 Å². The number of hydrogen-bond donors (Lipinski definition) is 2. The Labute approximate surface area is 178 Å². The zero-order valence-electron chi connectivity index (χ0n) is 17.5. The molecule has 0 atom stereocenters. The molecule has 160 valence electrons. The number of nitrogens with zero attached hydrogens (tertiary/aromatic N) is 7. The quantitative estimate of drug-likeness (QED) is 0.469. The highest BCUT2D eigenvalue weighted by Gasteiger charge is 2.09. The van der Waals surface area contributed by atoms with Crippen molar-refractivity contribution >= 4 is 17.5 Å². The number of aromatic nitrogens is 7. The van der Waals surface area contributed by atoms with Gasteiger partial charge in [-0.25, -0.2) is 14.8 Å². The van der Waals surface area contributed by atoms with E-state index in [4.69, 9.17) is 4.74 Å². The fourth-order valence-electron chi connectivity index (χ4n) is 2.92. The highest BCUT2D eigenvalue weighted by atomic mass is 16.5. The molecule has 0 aliphatic carbocycles. The van der Waals surface area contributed by atoms with Crippen molar-refractivity contribution in [2.75, 3.05) is 19.0 Å². The van der Waals surface area contributed by atoms with Crippen LogP contribution in [-0.2, 0) is 6.42 Å². The standard InChI is InChI=1S/C20H23N9O2/c1-13(2)29-26-16(25-27-29)8-9-21-20(30)24-17-12-28-11-15(4-6-18(28)23-17)14-5-7-19(31-3)22-10-14/h4-7,10-13H,8-9H2,1-3H3,(H2,21,24,30). The van der Waals surface area contributed by atoms with E-state index in [1.807, 2.05) is 48.7 Å². The summed E-state index contributed by atoms with van der Waals surface area (Å²) in [6.45, 7) is 4.34. The first-order chi connectivity index (χ1) is 15.0. The zero-order chi connectivity index (χ0) is 21.8. The zero-order valence-corrected chi connectivity index (χ0v) is 17.5. The molecule has 31 heavy (non-hydrogen) atoms. The maximum absolute atomic E-state index is 12.2. The van der Waals surface area contributed by atoms with Gasteiger partial charge in [0.15, 0.2) is 11.6 Å². The van der Waals surface area contributed by atoms with E-state index in [9.17, 15) is 4.79 Å². The second-order valence-corrected chi connectivity index (χ2v) is 7.15. The van der Waals surface area contributed by atoms with Crippen molar-refractivity contribution in [3.8, 4) is 17.0 Å². The van der Waals surface area contributed by atoms with Crippen molar-refractivity contribution in [3.05, 3.63) is 48.7 Å². The lowest BCUT2D eigenvalue weighted by atomic mass is 10.1. The molecule has 4 heterocycles. The molecule has 0 aromatic carbocycles. The number of nitrogens with one attached hydrogen (secondary N) is 2. The van der Waals surface area contributed by atoms with Crippen molar-refractivity contribution < 1.29 is 9.53 Å². The highest BCUT2D eigenvalue weighted by molar-refractivity contribution is 5.88. The smallest absolute Gasteiger partial charge is 0.320 e. The number of amides is 2. The topological polar surface area (TPSA) is 124 Å². The van der Waals surface area contributed by atoms with E-state index in [-0.39, 0.29) is 12.1 Å². The van der Waals surface area contributed by atoms with E-state index in [0.717, 1.165) is 16.8 Å². The Balaban J connectivity index is 1.36. The van der Waals surface area contributed by atoms with E-state index < -0.39 is 0 Å². The first-order valence-electron chi connectivity index (χ1n) is 9.84. The summed E-state index contributed by atoms with van der Waals surface area (Å²) in [5.74, 6) is 1.60. The number of methoxy groups -OCH3 is 1. The lowest BCUT2D eigenvalue weighted by Gasteiger charge is -2.04. The van der Waals surface area contributed by atoms with Crippen LogP contribution < -0.4 is 15.4 Å². The lowest BCUT2D eigenvalue weighted by molar-refractivity contribution is 0.252. The molecule has 4 rings (SSSR count). The van der Waals surface area contributed by atoms with E-state index in [2.05, 4.69) is 36.0 Å². The number of carbonyl (C=O) groups excluding carboxylic acids is 1. The molecule has 0 bridgehead atoms. The maximum atomic E-state index is 12.2. The minimum absolute atomic E-state index is 0.147. The number of rotatable bonds is 7. The summed E-state index contributed by atoms with van der Waals surface area (Å²) >= 11 is 0. The van der Waals surface area contributed by atoms with Gasteiger partial charge in [0.25, 0.3) is 0 Å². The predicted molar refractivity (Wildman–Crippen MR) is 114 cm³/mol. The Morgan fingerprint density at radius 1 is 1.16 bits per heavy atom. The second-order valence-electron chi connectivity index (χ2n) is 7.15. The van der Waals surface area contributed by atoms with Gasteiger partial charge in [-0.3, -0.25) is 5.32 Å². The van der Waals surface area contributed by atoms with Gasteiger partial charge < -0.3 is 14.5 Å². The highest BCUT2D eigenvalue weighted by Crippen LogP contribution is 2.22. The number of anilines is 1. The van der Waals surface area contributed by atoms with Crippen molar-refractivity contribution in [2.45, 2.75) is 26.3 Å².